The Morgan fingerprint density at radius 1 is 1.15 bits per heavy atom. The molecular formula is C14H24O5S. The van der Waals surface area contributed by atoms with Gasteiger partial charge in [0.2, 0.25) is 0 Å². The zero-order valence-electron chi connectivity index (χ0n) is 12.3. The van der Waals surface area contributed by atoms with E-state index in [-0.39, 0.29) is 11.4 Å². The fourth-order valence-corrected chi connectivity index (χ4v) is 4.51. The smallest absolute Gasteiger partial charge is 0.311 e. The molecule has 0 bridgehead atoms. The zero-order chi connectivity index (χ0) is 14.8. The second kappa shape index (κ2) is 6.02. The van der Waals surface area contributed by atoms with E-state index in [2.05, 4.69) is 0 Å². The summed E-state index contributed by atoms with van der Waals surface area (Å²) in [5.41, 5.74) is 0.189. The van der Waals surface area contributed by atoms with Crippen molar-refractivity contribution in [3.05, 3.63) is 0 Å². The van der Waals surface area contributed by atoms with Crippen molar-refractivity contribution in [2.75, 3.05) is 13.4 Å². The Kier molecular flexibility index (Phi) is 4.74. The van der Waals surface area contributed by atoms with E-state index in [4.69, 9.17) is 8.92 Å². The van der Waals surface area contributed by atoms with Gasteiger partial charge in [0.05, 0.1) is 25.4 Å². The number of carbonyl (C=O) groups is 1. The van der Waals surface area contributed by atoms with Crippen molar-refractivity contribution in [2.24, 2.45) is 11.3 Å². The third-order valence-electron chi connectivity index (χ3n) is 4.78. The van der Waals surface area contributed by atoms with Gasteiger partial charge < -0.3 is 4.74 Å². The molecule has 1 spiro atoms. The molecule has 0 radical (unpaired) electrons. The number of methoxy groups -OCH3 is 1. The molecule has 0 heterocycles. The lowest BCUT2D eigenvalue weighted by Crippen LogP contribution is -2.43. The maximum atomic E-state index is 12.0. The molecule has 0 N–H and O–H groups in total. The minimum absolute atomic E-state index is 0.189. The van der Waals surface area contributed by atoms with E-state index in [1.165, 1.54) is 26.4 Å². The fourth-order valence-electron chi connectivity index (χ4n) is 3.83. The predicted molar refractivity (Wildman–Crippen MR) is 74.6 cm³/mol. The zero-order valence-corrected chi connectivity index (χ0v) is 13.1. The molecule has 2 saturated carbocycles. The van der Waals surface area contributed by atoms with Crippen LogP contribution in [-0.2, 0) is 23.8 Å². The second-order valence-corrected chi connectivity index (χ2v) is 7.87. The summed E-state index contributed by atoms with van der Waals surface area (Å²) in [4.78, 5) is 12.0. The molecule has 20 heavy (non-hydrogen) atoms. The van der Waals surface area contributed by atoms with Gasteiger partial charge in [0.25, 0.3) is 10.1 Å². The van der Waals surface area contributed by atoms with Crippen LogP contribution in [0.1, 0.15) is 51.4 Å². The monoisotopic (exact) mass is 304 g/mol. The van der Waals surface area contributed by atoms with Crippen molar-refractivity contribution in [3.8, 4) is 0 Å². The van der Waals surface area contributed by atoms with Crippen molar-refractivity contribution < 1.29 is 22.1 Å². The summed E-state index contributed by atoms with van der Waals surface area (Å²) in [6, 6.07) is 0. The van der Waals surface area contributed by atoms with Gasteiger partial charge in [-0.1, -0.05) is 19.3 Å². The average molecular weight is 304 g/mol. The molecule has 2 unspecified atom stereocenters. The highest BCUT2D eigenvalue weighted by Crippen LogP contribution is 2.50. The van der Waals surface area contributed by atoms with Crippen LogP contribution in [0.2, 0.25) is 0 Å². The van der Waals surface area contributed by atoms with Crippen molar-refractivity contribution in [1.82, 2.24) is 0 Å². The molecule has 0 aromatic heterocycles. The fraction of sp³-hybridized carbons (Fsp3) is 0.929. The summed E-state index contributed by atoms with van der Waals surface area (Å²) in [7, 11) is -2.20. The van der Waals surface area contributed by atoms with Gasteiger partial charge in [0, 0.05) is 0 Å². The lowest BCUT2D eigenvalue weighted by molar-refractivity contribution is -0.153. The molecule has 2 aliphatic carbocycles. The standard InChI is InChI=1S/C14H24O5S/c1-18-13(15)11-10-14(7-4-3-5-8-14)9-6-12(11)19-20(2,16)17/h11-12H,3-10H2,1-2H3. The Balaban J connectivity index is 2.14. The Morgan fingerprint density at radius 3 is 2.35 bits per heavy atom. The lowest BCUT2D eigenvalue weighted by atomic mass is 9.62. The summed E-state index contributed by atoms with van der Waals surface area (Å²) in [6.07, 6.45) is 8.65. The van der Waals surface area contributed by atoms with E-state index in [0.29, 0.717) is 12.8 Å². The third kappa shape index (κ3) is 3.73. The van der Waals surface area contributed by atoms with E-state index in [1.807, 2.05) is 0 Å². The Bertz CT molecular complexity index is 450. The van der Waals surface area contributed by atoms with Crippen LogP contribution >= 0.6 is 0 Å². The molecule has 2 fully saturated rings. The van der Waals surface area contributed by atoms with Crippen molar-refractivity contribution in [2.45, 2.75) is 57.5 Å². The van der Waals surface area contributed by atoms with Crippen molar-refractivity contribution in [1.29, 1.82) is 0 Å². The normalized spacial score (nSPS) is 30.1. The van der Waals surface area contributed by atoms with E-state index in [1.54, 1.807) is 0 Å². The first-order chi connectivity index (χ1) is 9.35. The molecule has 0 saturated heterocycles. The van der Waals surface area contributed by atoms with Crippen LogP contribution in [0.25, 0.3) is 0 Å². The number of rotatable bonds is 3. The van der Waals surface area contributed by atoms with E-state index in [9.17, 15) is 13.2 Å². The van der Waals surface area contributed by atoms with Crippen LogP contribution in [0.3, 0.4) is 0 Å². The first-order valence-corrected chi connectivity index (χ1v) is 9.13. The maximum Gasteiger partial charge on any atom is 0.311 e. The molecule has 2 rings (SSSR count). The molecule has 0 aliphatic heterocycles. The van der Waals surface area contributed by atoms with Gasteiger partial charge in [-0.15, -0.1) is 0 Å². The van der Waals surface area contributed by atoms with Gasteiger partial charge in [-0.05, 0) is 37.5 Å². The second-order valence-electron chi connectivity index (χ2n) is 6.27. The largest absolute Gasteiger partial charge is 0.469 e. The number of hydrogen-bond acceptors (Lipinski definition) is 5. The molecule has 0 amide bonds. The third-order valence-corrected chi connectivity index (χ3v) is 5.37. The summed E-state index contributed by atoms with van der Waals surface area (Å²) in [5, 5.41) is 0. The van der Waals surface area contributed by atoms with Crippen LogP contribution in [-0.4, -0.2) is 33.9 Å². The molecule has 6 heteroatoms. The van der Waals surface area contributed by atoms with Crippen molar-refractivity contribution >= 4 is 16.1 Å². The average Bonchev–Trinajstić information content (AvgIpc) is 2.40. The van der Waals surface area contributed by atoms with Gasteiger partial charge in [-0.25, -0.2) is 0 Å². The molecule has 0 aromatic carbocycles. The van der Waals surface area contributed by atoms with Crippen LogP contribution in [0.4, 0.5) is 0 Å². The highest BCUT2D eigenvalue weighted by Gasteiger charge is 2.46. The molecule has 116 valence electrons. The Morgan fingerprint density at radius 2 is 1.80 bits per heavy atom. The molecule has 2 atom stereocenters. The molecular weight excluding hydrogens is 280 g/mol. The highest BCUT2D eigenvalue weighted by atomic mass is 32.2. The minimum Gasteiger partial charge on any atom is -0.469 e. The van der Waals surface area contributed by atoms with Crippen LogP contribution in [0, 0.1) is 11.3 Å². The minimum atomic E-state index is -3.55. The van der Waals surface area contributed by atoms with E-state index >= 15 is 0 Å². The number of carbonyl (C=O) groups excluding carboxylic acids is 1. The maximum absolute atomic E-state index is 12.0. The first kappa shape index (κ1) is 15.8. The van der Waals surface area contributed by atoms with Crippen LogP contribution in [0.15, 0.2) is 0 Å². The summed E-state index contributed by atoms with van der Waals surface area (Å²) in [6.45, 7) is 0. The quantitative estimate of drug-likeness (QED) is 0.591. The van der Waals surface area contributed by atoms with Gasteiger partial charge in [0.15, 0.2) is 0 Å². The Labute approximate surface area is 121 Å². The number of ether oxygens (including phenoxy) is 1. The van der Waals surface area contributed by atoms with Crippen LogP contribution < -0.4 is 0 Å². The van der Waals surface area contributed by atoms with Gasteiger partial charge >= 0.3 is 5.97 Å². The topological polar surface area (TPSA) is 69.7 Å². The number of esters is 1. The summed E-state index contributed by atoms with van der Waals surface area (Å²) < 4.78 is 32.7. The SMILES string of the molecule is COC(=O)C1CC2(CCCCC2)CCC1OS(C)(=O)=O. The van der Waals surface area contributed by atoms with Crippen molar-refractivity contribution in [3.63, 3.8) is 0 Å². The summed E-state index contributed by atoms with van der Waals surface area (Å²) in [5.74, 6) is -0.801. The number of hydrogen-bond donors (Lipinski definition) is 0. The van der Waals surface area contributed by atoms with E-state index < -0.39 is 22.1 Å². The summed E-state index contributed by atoms with van der Waals surface area (Å²) >= 11 is 0. The lowest BCUT2D eigenvalue weighted by Gasteiger charge is -2.45. The molecule has 5 nitrogen and oxygen atoms in total. The van der Waals surface area contributed by atoms with Gasteiger partial charge in [-0.3, -0.25) is 8.98 Å². The highest BCUT2D eigenvalue weighted by molar-refractivity contribution is 7.86. The predicted octanol–water partition coefficient (Wildman–Crippen LogP) is 2.25. The first-order valence-electron chi connectivity index (χ1n) is 7.31. The molecule has 2 aliphatic rings. The van der Waals surface area contributed by atoms with Gasteiger partial charge in [0.1, 0.15) is 0 Å². The molecule has 0 aromatic rings. The Hall–Kier alpha value is -0.620. The van der Waals surface area contributed by atoms with Gasteiger partial charge in [-0.2, -0.15) is 8.42 Å². The van der Waals surface area contributed by atoms with E-state index in [0.717, 1.165) is 25.5 Å². The van der Waals surface area contributed by atoms with Crippen LogP contribution in [0.5, 0.6) is 0 Å².